The third-order valence-corrected chi connectivity index (χ3v) is 7.07. The van der Waals surface area contributed by atoms with Crippen LogP contribution in [0, 0.1) is 11.7 Å². The van der Waals surface area contributed by atoms with Gasteiger partial charge in [0.2, 0.25) is 0 Å². The second-order valence-electron chi connectivity index (χ2n) is 9.75. The van der Waals surface area contributed by atoms with E-state index in [1.165, 1.54) is 17.7 Å². The fraction of sp³-hybridized carbons (Fsp3) is 0.387. The summed E-state index contributed by atoms with van der Waals surface area (Å²) in [6.07, 6.45) is 4.37. The molecule has 0 aromatic heterocycles. The van der Waals surface area contributed by atoms with Gasteiger partial charge in [0.1, 0.15) is 17.7 Å². The molecule has 0 aliphatic carbocycles. The molecule has 1 atom stereocenters. The van der Waals surface area contributed by atoms with Crippen LogP contribution in [0.1, 0.15) is 59.7 Å². The molecule has 1 unspecified atom stereocenters. The average molecular weight is 489 g/mol. The van der Waals surface area contributed by atoms with E-state index in [1.54, 1.807) is 12.1 Å². The van der Waals surface area contributed by atoms with Crippen LogP contribution in [0.15, 0.2) is 78.9 Å². The largest absolute Gasteiger partial charge is 0.486 e. The third kappa shape index (κ3) is 7.74. The number of rotatable bonds is 12. The summed E-state index contributed by atoms with van der Waals surface area (Å²) in [5.74, 6) is 1.01. The van der Waals surface area contributed by atoms with E-state index in [2.05, 4.69) is 40.5 Å². The molecule has 1 saturated heterocycles. The molecule has 1 heterocycles. The molecule has 3 aromatic carbocycles. The molecule has 36 heavy (non-hydrogen) atoms. The highest BCUT2D eigenvalue weighted by atomic mass is 19.1. The van der Waals surface area contributed by atoms with Crippen LogP contribution in [0.25, 0.3) is 0 Å². The fourth-order valence-corrected chi connectivity index (χ4v) is 4.91. The second kappa shape index (κ2) is 13.3. The smallest absolute Gasteiger partial charge is 0.162 e. The molecule has 0 amide bonds. The fourth-order valence-electron chi connectivity index (χ4n) is 4.91. The Bertz CT molecular complexity index is 1080. The van der Waals surface area contributed by atoms with Crippen molar-refractivity contribution in [3.63, 3.8) is 0 Å². The Labute approximate surface area is 214 Å². The summed E-state index contributed by atoms with van der Waals surface area (Å²) < 4.78 is 19.7. The van der Waals surface area contributed by atoms with Crippen LogP contribution in [-0.4, -0.2) is 37.4 Å². The van der Waals surface area contributed by atoms with Crippen LogP contribution in [-0.2, 0) is 6.54 Å². The molecule has 0 radical (unpaired) electrons. The van der Waals surface area contributed by atoms with Crippen LogP contribution in [0.2, 0.25) is 0 Å². The van der Waals surface area contributed by atoms with Gasteiger partial charge in [0.05, 0.1) is 0 Å². The lowest BCUT2D eigenvalue weighted by atomic mass is 9.90. The van der Waals surface area contributed by atoms with E-state index < -0.39 is 0 Å². The van der Waals surface area contributed by atoms with Gasteiger partial charge >= 0.3 is 0 Å². The topological polar surface area (TPSA) is 41.6 Å². The lowest BCUT2D eigenvalue weighted by molar-refractivity contribution is 0.0961. The number of benzene rings is 3. The number of piperidine rings is 1. The lowest BCUT2D eigenvalue weighted by Crippen LogP contribution is -2.33. The molecule has 4 rings (SSSR count). The number of hydrogen-bond donors (Lipinski definition) is 1. The van der Waals surface area contributed by atoms with Gasteiger partial charge in [-0.05, 0) is 75.1 Å². The van der Waals surface area contributed by atoms with Gasteiger partial charge in [-0.3, -0.25) is 9.69 Å². The van der Waals surface area contributed by atoms with Crippen LogP contribution in [0.4, 0.5) is 4.39 Å². The standard InChI is InChI=1S/C31H37FN2O2/c1-33-19-16-31(36-29-9-5-8-28(32)22-29)27-13-11-26(12-14-27)30(35)15-10-24-17-20-34(21-18-24)23-25-6-3-2-4-7-25/h2-9,11-14,22,24,31,33H,10,15-21,23H2,1H3. The molecule has 190 valence electrons. The van der Waals surface area contributed by atoms with Crippen molar-refractivity contribution < 1.29 is 13.9 Å². The van der Waals surface area contributed by atoms with Crippen molar-refractivity contribution in [3.8, 4) is 5.75 Å². The maximum absolute atomic E-state index is 13.6. The highest BCUT2D eigenvalue weighted by molar-refractivity contribution is 5.96. The zero-order valence-corrected chi connectivity index (χ0v) is 21.2. The summed E-state index contributed by atoms with van der Waals surface area (Å²) in [6.45, 7) is 3.98. The number of nitrogens with one attached hydrogen (secondary N) is 1. The Morgan fingerprint density at radius 3 is 2.47 bits per heavy atom. The van der Waals surface area contributed by atoms with Crippen molar-refractivity contribution in [2.45, 2.75) is 44.8 Å². The van der Waals surface area contributed by atoms with Crippen molar-refractivity contribution in [1.82, 2.24) is 10.2 Å². The number of carbonyl (C=O) groups is 1. The van der Waals surface area contributed by atoms with Crippen LogP contribution in [0.3, 0.4) is 0 Å². The summed E-state index contributed by atoms with van der Waals surface area (Å²) >= 11 is 0. The molecule has 0 bridgehead atoms. The Kier molecular flexibility index (Phi) is 9.65. The van der Waals surface area contributed by atoms with Gasteiger partial charge < -0.3 is 10.1 Å². The molecule has 5 heteroatoms. The second-order valence-corrected chi connectivity index (χ2v) is 9.75. The van der Waals surface area contributed by atoms with Crippen LogP contribution >= 0.6 is 0 Å². The quantitative estimate of drug-likeness (QED) is 0.298. The van der Waals surface area contributed by atoms with Crippen molar-refractivity contribution in [3.05, 3.63) is 101 Å². The van der Waals surface area contributed by atoms with Gasteiger partial charge in [-0.1, -0.05) is 60.7 Å². The summed E-state index contributed by atoms with van der Waals surface area (Å²) in [5.41, 5.74) is 3.10. The van der Waals surface area contributed by atoms with E-state index in [-0.39, 0.29) is 17.7 Å². The lowest BCUT2D eigenvalue weighted by Gasteiger charge is -2.32. The maximum Gasteiger partial charge on any atom is 0.162 e. The van der Waals surface area contributed by atoms with Crippen molar-refractivity contribution in [1.29, 1.82) is 0 Å². The number of carbonyl (C=O) groups excluding carboxylic acids is 1. The van der Waals surface area contributed by atoms with Gasteiger partial charge in [-0.25, -0.2) is 4.39 Å². The first-order valence-corrected chi connectivity index (χ1v) is 13.1. The number of Topliss-reactive ketones (excluding diaryl/α,β-unsaturated/α-hetero) is 1. The first kappa shape index (κ1) is 26.1. The number of likely N-dealkylation sites (tertiary alicyclic amines) is 1. The highest BCUT2D eigenvalue weighted by Crippen LogP contribution is 2.27. The van der Waals surface area contributed by atoms with E-state index >= 15 is 0 Å². The number of nitrogens with zero attached hydrogens (tertiary/aromatic N) is 1. The minimum absolute atomic E-state index is 0.200. The Morgan fingerprint density at radius 1 is 1.03 bits per heavy atom. The Balaban J connectivity index is 1.26. The maximum atomic E-state index is 13.6. The molecule has 1 aliphatic heterocycles. The number of ketones is 1. The van der Waals surface area contributed by atoms with Crippen molar-refractivity contribution in [2.24, 2.45) is 5.92 Å². The average Bonchev–Trinajstić information content (AvgIpc) is 2.91. The molecule has 4 nitrogen and oxygen atoms in total. The van der Waals surface area contributed by atoms with E-state index in [1.807, 2.05) is 31.3 Å². The van der Waals surface area contributed by atoms with Gasteiger partial charge in [0.15, 0.2) is 5.78 Å². The zero-order chi connectivity index (χ0) is 25.2. The summed E-state index contributed by atoms with van der Waals surface area (Å²) in [6, 6.07) is 24.6. The summed E-state index contributed by atoms with van der Waals surface area (Å²) in [4.78, 5) is 15.4. The first-order valence-electron chi connectivity index (χ1n) is 13.1. The van der Waals surface area contributed by atoms with Gasteiger partial charge in [0, 0.05) is 31.0 Å². The van der Waals surface area contributed by atoms with Crippen molar-refractivity contribution >= 4 is 5.78 Å². The summed E-state index contributed by atoms with van der Waals surface area (Å²) in [7, 11) is 1.90. The van der Waals surface area contributed by atoms with E-state index in [9.17, 15) is 9.18 Å². The minimum atomic E-state index is -0.317. The molecule has 1 N–H and O–H groups in total. The van der Waals surface area contributed by atoms with Gasteiger partial charge in [0.25, 0.3) is 0 Å². The van der Waals surface area contributed by atoms with Crippen LogP contribution in [0.5, 0.6) is 5.75 Å². The normalized spacial score (nSPS) is 15.5. The van der Waals surface area contributed by atoms with E-state index in [4.69, 9.17) is 4.74 Å². The number of ether oxygens (including phenoxy) is 1. The SMILES string of the molecule is CNCCC(Oc1cccc(F)c1)c1ccc(C(=O)CCC2CCN(Cc3ccccc3)CC2)cc1. The molecular formula is C31H37FN2O2. The molecular weight excluding hydrogens is 451 g/mol. The number of halogens is 1. The van der Waals surface area contributed by atoms with E-state index in [0.717, 1.165) is 63.0 Å². The van der Waals surface area contributed by atoms with Gasteiger partial charge in [-0.15, -0.1) is 0 Å². The molecule has 1 fully saturated rings. The molecule has 1 aliphatic rings. The molecule has 3 aromatic rings. The highest BCUT2D eigenvalue weighted by Gasteiger charge is 2.21. The predicted octanol–water partition coefficient (Wildman–Crippen LogP) is 6.43. The Morgan fingerprint density at radius 2 is 1.78 bits per heavy atom. The molecule has 0 spiro atoms. The van der Waals surface area contributed by atoms with E-state index in [0.29, 0.717) is 18.1 Å². The Hall–Kier alpha value is -3.02. The molecule has 0 saturated carbocycles. The third-order valence-electron chi connectivity index (χ3n) is 7.07. The predicted molar refractivity (Wildman–Crippen MR) is 143 cm³/mol. The minimum Gasteiger partial charge on any atom is -0.486 e. The number of hydrogen-bond acceptors (Lipinski definition) is 4. The van der Waals surface area contributed by atoms with Crippen molar-refractivity contribution in [2.75, 3.05) is 26.7 Å². The van der Waals surface area contributed by atoms with Gasteiger partial charge in [-0.2, -0.15) is 0 Å². The summed E-state index contributed by atoms with van der Waals surface area (Å²) in [5, 5.41) is 3.15. The first-order chi connectivity index (χ1) is 17.6. The van der Waals surface area contributed by atoms with Crippen LogP contribution < -0.4 is 10.1 Å². The monoisotopic (exact) mass is 488 g/mol. The zero-order valence-electron chi connectivity index (χ0n) is 21.2.